The molecule has 0 radical (unpaired) electrons. The van der Waals surface area contributed by atoms with Crippen LogP contribution in [0.15, 0.2) is 24.3 Å². The van der Waals surface area contributed by atoms with E-state index in [1.165, 1.54) is 6.07 Å². The lowest BCUT2D eigenvalue weighted by Gasteiger charge is -2.02. The van der Waals surface area contributed by atoms with E-state index in [-0.39, 0.29) is 12.2 Å². The Morgan fingerprint density at radius 3 is 2.60 bits per heavy atom. The van der Waals surface area contributed by atoms with Crippen molar-refractivity contribution in [3.63, 3.8) is 0 Å². The highest BCUT2D eigenvalue weighted by molar-refractivity contribution is 5.66. The van der Waals surface area contributed by atoms with Crippen molar-refractivity contribution in [2.45, 2.75) is 32.1 Å². The van der Waals surface area contributed by atoms with Gasteiger partial charge < -0.3 is 5.11 Å². The highest BCUT2D eigenvalue weighted by Gasteiger charge is 2.01. The smallest absolute Gasteiger partial charge is 0.303 e. The van der Waals surface area contributed by atoms with Gasteiger partial charge in [0, 0.05) is 6.42 Å². The summed E-state index contributed by atoms with van der Waals surface area (Å²) in [6, 6.07) is 6.71. The first kappa shape index (κ1) is 11.7. The van der Waals surface area contributed by atoms with Crippen LogP contribution < -0.4 is 0 Å². The van der Waals surface area contributed by atoms with Gasteiger partial charge in [-0.2, -0.15) is 0 Å². The van der Waals surface area contributed by atoms with Crippen LogP contribution in [0, 0.1) is 5.82 Å². The summed E-state index contributed by atoms with van der Waals surface area (Å²) in [6.07, 6.45) is 3.24. The molecule has 1 rings (SSSR count). The van der Waals surface area contributed by atoms with Crippen LogP contribution in [0.4, 0.5) is 4.39 Å². The number of hydrogen-bond donors (Lipinski definition) is 1. The molecular weight excluding hydrogens is 195 g/mol. The van der Waals surface area contributed by atoms with E-state index in [4.69, 9.17) is 5.11 Å². The molecule has 0 spiro atoms. The Labute approximate surface area is 88.7 Å². The zero-order chi connectivity index (χ0) is 11.1. The first-order chi connectivity index (χ1) is 7.20. The Morgan fingerprint density at radius 2 is 1.93 bits per heavy atom. The van der Waals surface area contributed by atoms with Crippen molar-refractivity contribution < 1.29 is 14.3 Å². The molecule has 2 nitrogen and oxygen atoms in total. The summed E-state index contributed by atoms with van der Waals surface area (Å²) in [5.74, 6) is -0.934. The average molecular weight is 210 g/mol. The summed E-state index contributed by atoms with van der Waals surface area (Å²) in [7, 11) is 0. The van der Waals surface area contributed by atoms with Crippen LogP contribution in [0.25, 0.3) is 0 Å². The second-order valence-corrected chi connectivity index (χ2v) is 3.55. The predicted molar refractivity (Wildman–Crippen MR) is 56.2 cm³/mol. The average Bonchev–Trinajstić information content (AvgIpc) is 2.20. The van der Waals surface area contributed by atoms with Gasteiger partial charge in [0.05, 0.1) is 0 Å². The molecule has 1 aromatic carbocycles. The van der Waals surface area contributed by atoms with E-state index < -0.39 is 5.97 Å². The molecule has 0 fully saturated rings. The quantitative estimate of drug-likeness (QED) is 0.733. The molecule has 0 amide bonds. The topological polar surface area (TPSA) is 37.3 Å². The van der Waals surface area contributed by atoms with Gasteiger partial charge in [0.2, 0.25) is 0 Å². The molecule has 0 unspecified atom stereocenters. The number of aliphatic carboxylic acids is 1. The molecule has 82 valence electrons. The van der Waals surface area contributed by atoms with Crippen LogP contribution in [-0.4, -0.2) is 11.1 Å². The number of carboxylic acids is 1. The molecule has 0 aliphatic rings. The van der Waals surface area contributed by atoms with Gasteiger partial charge in [0.1, 0.15) is 5.82 Å². The minimum atomic E-state index is -0.763. The number of unbranched alkanes of at least 4 members (excludes halogenated alkanes) is 2. The number of halogens is 1. The lowest BCUT2D eigenvalue weighted by Crippen LogP contribution is -1.95. The third kappa shape index (κ3) is 4.58. The summed E-state index contributed by atoms with van der Waals surface area (Å²) in [5.41, 5.74) is 0.716. The number of carboxylic acid groups (broad SMARTS) is 1. The van der Waals surface area contributed by atoms with E-state index >= 15 is 0 Å². The van der Waals surface area contributed by atoms with Crippen molar-refractivity contribution in [1.82, 2.24) is 0 Å². The number of aryl methyl sites for hydroxylation is 1. The molecule has 15 heavy (non-hydrogen) atoms. The summed E-state index contributed by atoms with van der Waals surface area (Å²) in [6.45, 7) is 0. The molecular formula is C12H15FO2. The Hall–Kier alpha value is -1.38. The third-order valence-electron chi connectivity index (χ3n) is 2.29. The fourth-order valence-electron chi connectivity index (χ4n) is 1.47. The maximum absolute atomic E-state index is 13.1. The van der Waals surface area contributed by atoms with E-state index in [1.807, 2.05) is 6.07 Å². The lowest BCUT2D eigenvalue weighted by molar-refractivity contribution is -0.137. The predicted octanol–water partition coefficient (Wildman–Crippen LogP) is 3.01. The van der Waals surface area contributed by atoms with Gasteiger partial charge >= 0.3 is 5.97 Å². The maximum atomic E-state index is 13.1. The monoisotopic (exact) mass is 210 g/mol. The first-order valence-electron chi connectivity index (χ1n) is 5.15. The second kappa shape index (κ2) is 6.17. The molecule has 0 bridgehead atoms. The summed E-state index contributed by atoms with van der Waals surface area (Å²) < 4.78 is 13.1. The molecule has 0 atom stereocenters. The van der Waals surface area contributed by atoms with Crippen molar-refractivity contribution in [2.24, 2.45) is 0 Å². The second-order valence-electron chi connectivity index (χ2n) is 3.55. The van der Waals surface area contributed by atoms with Gasteiger partial charge in [0.25, 0.3) is 0 Å². The van der Waals surface area contributed by atoms with Crippen LogP contribution in [0.3, 0.4) is 0 Å². The molecule has 3 heteroatoms. The summed E-state index contributed by atoms with van der Waals surface area (Å²) >= 11 is 0. The van der Waals surface area contributed by atoms with Crippen LogP contribution >= 0.6 is 0 Å². The number of benzene rings is 1. The van der Waals surface area contributed by atoms with Crippen molar-refractivity contribution in [3.05, 3.63) is 35.6 Å². The molecule has 0 aliphatic heterocycles. The van der Waals surface area contributed by atoms with Gasteiger partial charge in [0.15, 0.2) is 0 Å². The Morgan fingerprint density at radius 1 is 1.20 bits per heavy atom. The zero-order valence-corrected chi connectivity index (χ0v) is 8.58. The number of carbonyl (C=O) groups is 1. The van der Waals surface area contributed by atoms with Crippen molar-refractivity contribution in [3.8, 4) is 0 Å². The Balaban J connectivity index is 2.21. The zero-order valence-electron chi connectivity index (χ0n) is 8.58. The normalized spacial score (nSPS) is 10.2. The molecule has 0 saturated heterocycles. The van der Waals surface area contributed by atoms with Gasteiger partial charge in [-0.25, -0.2) is 4.39 Å². The van der Waals surface area contributed by atoms with Crippen LogP contribution in [0.2, 0.25) is 0 Å². The van der Waals surface area contributed by atoms with E-state index in [0.717, 1.165) is 12.8 Å². The minimum Gasteiger partial charge on any atom is -0.481 e. The third-order valence-corrected chi connectivity index (χ3v) is 2.29. The van der Waals surface area contributed by atoms with Crippen LogP contribution in [-0.2, 0) is 11.2 Å². The highest BCUT2D eigenvalue weighted by Crippen LogP contribution is 2.11. The van der Waals surface area contributed by atoms with Gasteiger partial charge in [-0.3, -0.25) is 4.79 Å². The van der Waals surface area contributed by atoms with Gasteiger partial charge in [-0.05, 0) is 30.9 Å². The lowest BCUT2D eigenvalue weighted by atomic mass is 10.1. The van der Waals surface area contributed by atoms with E-state index in [2.05, 4.69) is 0 Å². The number of rotatable bonds is 6. The molecule has 0 saturated carbocycles. The van der Waals surface area contributed by atoms with E-state index in [1.54, 1.807) is 12.1 Å². The largest absolute Gasteiger partial charge is 0.481 e. The van der Waals surface area contributed by atoms with Crippen molar-refractivity contribution >= 4 is 5.97 Å². The SMILES string of the molecule is O=C(O)CCCCCc1ccccc1F. The van der Waals surface area contributed by atoms with Gasteiger partial charge in [-0.15, -0.1) is 0 Å². The number of hydrogen-bond acceptors (Lipinski definition) is 1. The highest BCUT2D eigenvalue weighted by atomic mass is 19.1. The Bertz CT molecular complexity index is 323. The van der Waals surface area contributed by atoms with Crippen molar-refractivity contribution in [2.75, 3.05) is 0 Å². The van der Waals surface area contributed by atoms with E-state index in [0.29, 0.717) is 18.4 Å². The molecule has 1 aromatic rings. The summed E-state index contributed by atoms with van der Waals surface area (Å²) in [5, 5.41) is 8.41. The van der Waals surface area contributed by atoms with Crippen LogP contribution in [0.1, 0.15) is 31.2 Å². The molecule has 1 N–H and O–H groups in total. The van der Waals surface area contributed by atoms with Crippen LogP contribution in [0.5, 0.6) is 0 Å². The standard InChI is InChI=1S/C12H15FO2/c13-11-8-5-4-7-10(11)6-2-1-3-9-12(14)15/h4-5,7-8H,1-3,6,9H2,(H,14,15). The minimum absolute atomic E-state index is 0.171. The van der Waals surface area contributed by atoms with Gasteiger partial charge in [-0.1, -0.05) is 24.6 Å². The fraction of sp³-hybridized carbons (Fsp3) is 0.417. The van der Waals surface area contributed by atoms with Crippen molar-refractivity contribution in [1.29, 1.82) is 0 Å². The molecule has 0 aliphatic carbocycles. The van der Waals surface area contributed by atoms with E-state index in [9.17, 15) is 9.18 Å². The Kier molecular flexibility index (Phi) is 4.81. The fourth-order valence-corrected chi connectivity index (χ4v) is 1.47. The maximum Gasteiger partial charge on any atom is 0.303 e. The molecule has 0 aromatic heterocycles. The summed E-state index contributed by atoms with van der Waals surface area (Å²) in [4.78, 5) is 10.2. The first-order valence-corrected chi connectivity index (χ1v) is 5.15. The molecule has 0 heterocycles.